The Kier molecular flexibility index (Phi) is 12.9. The van der Waals surface area contributed by atoms with E-state index < -0.39 is 0 Å². The first-order valence-electron chi connectivity index (χ1n) is 34.0. The van der Waals surface area contributed by atoms with Crippen LogP contribution >= 0.6 is 11.3 Å². The van der Waals surface area contributed by atoms with Gasteiger partial charge in [0.15, 0.2) is 0 Å². The Labute approximate surface area is 549 Å². The maximum Gasteiger partial charge on any atom is 0.252 e. The molecule has 0 saturated carbocycles. The lowest BCUT2D eigenvalue weighted by molar-refractivity contribution is 0.332. The summed E-state index contributed by atoms with van der Waals surface area (Å²) in [6.07, 6.45) is 4.48. The van der Waals surface area contributed by atoms with Crippen LogP contribution in [0.15, 0.2) is 158 Å². The summed E-state index contributed by atoms with van der Waals surface area (Å²) in [6.45, 7) is 48.5. The zero-order chi connectivity index (χ0) is 64.4. The van der Waals surface area contributed by atoms with Gasteiger partial charge in [0.05, 0.1) is 5.69 Å². The zero-order valence-electron chi connectivity index (χ0n) is 58.2. The second-order valence-electron chi connectivity index (χ2n) is 34.5. The molecule has 5 aliphatic rings. The molecule has 0 atom stereocenters. The molecule has 9 aromatic carbocycles. The van der Waals surface area contributed by atoms with E-state index in [1.54, 1.807) is 0 Å². The molecule has 91 heavy (non-hydrogen) atoms. The number of hydrogen-bond acceptors (Lipinski definition) is 4. The molecule has 3 aliphatic carbocycles. The van der Waals surface area contributed by atoms with E-state index in [-0.39, 0.29) is 50.0 Å². The summed E-state index contributed by atoms with van der Waals surface area (Å²) >= 11 is 1.91. The van der Waals surface area contributed by atoms with Gasteiger partial charge in [-0.1, -0.05) is 210 Å². The minimum atomic E-state index is -0.109. The van der Waals surface area contributed by atoms with E-state index in [0.29, 0.717) is 0 Å². The highest BCUT2D eigenvalue weighted by atomic mass is 32.1. The smallest absolute Gasteiger partial charge is 0.252 e. The fourth-order valence-electron chi connectivity index (χ4n) is 18.3. The second kappa shape index (κ2) is 19.6. The van der Waals surface area contributed by atoms with E-state index >= 15 is 0 Å². The lowest BCUT2D eigenvalue weighted by Crippen LogP contribution is -2.62. The number of benzene rings is 9. The summed E-state index contributed by atoms with van der Waals surface area (Å²) in [4.78, 5) is 8.11. The van der Waals surface area contributed by atoms with Gasteiger partial charge in [-0.3, -0.25) is 0 Å². The van der Waals surface area contributed by atoms with Gasteiger partial charge >= 0.3 is 0 Å². The predicted molar refractivity (Wildman–Crippen MR) is 397 cm³/mol. The molecule has 0 amide bonds. The van der Waals surface area contributed by atoms with Gasteiger partial charge in [0, 0.05) is 65.7 Å². The predicted octanol–water partition coefficient (Wildman–Crippen LogP) is 22.8. The first-order chi connectivity index (χ1) is 42.6. The van der Waals surface area contributed by atoms with Gasteiger partial charge in [0.25, 0.3) is 6.71 Å². The molecule has 0 saturated heterocycles. The molecule has 5 heteroatoms. The van der Waals surface area contributed by atoms with Crippen molar-refractivity contribution in [1.82, 2.24) is 0 Å². The molecular weight excluding hydrogens is 1120 g/mol. The number of nitrogens with zero attached hydrogens (tertiary/aromatic N) is 3. The molecule has 10 aromatic rings. The van der Waals surface area contributed by atoms with Crippen molar-refractivity contribution in [3.05, 3.63) is 213 Å². The number of fused-ring (bicyclic) bond motifs is 10. The van der Waals surface area contributed by atoms with Crippen molar-refractivity contribution < 1.29 is 0 Å². The van der Waals surface area contributed by atoms with Gasteiger partial charge < -0.3 is 14.7 Å². The second-order valence-corrected chi connectivity index (χ2v) is 35.5. The maximum atomic E-state index is 2.79. The fourth-order valence-corrected chi connectivity index (χ4v) is 19.4. The van der Waals surface area contributed by atoms with Gasteiger partial charge in [0.1, 0.15) is 0 Å². The Morgan fingerprint density at radius 3 is 1.35 bits per heavy atom. The summed E-state index contributed by atoms with van der Waals surface area (Å²) in [5.41, 5.74) is 31.7. The Balaban J connectivity index is 1.11. The lowest BCUT2D eigenvalue weighted by atomic mass is 9.33. The summed E-state index contributed by atoms with van der Waals surface area (Å²) < 4.78 is 2.66. The molecule has 462 valence electrons. The van der Waals surface area contributed by atoms with Crippen LogP contribution in [0.5, 0.6) is 0 Å². The molecular formula is C86H94BN3S. The van der Waals surface area contributed by atoms with Crippen molar-refractivity contribution in [2.75, 3.05) is 14.7 Å². The summed E-state index contributed by atoms with van der Waals surface area (Å²) in [6, 6.07) is 63.8. The molecule has 3 heterocycles. The minimum absolute atomic E-state index is 0.00759. The quantitative estimate of drug-likeness (QED) is 0.154. The van der Waals surface area contributed by atoms with E-state index in [2.05, 4.69) is 311 Å². The third-order valence-electron chi connectivity index (χ3n) is 22.8. The van der Waals surface area contributed by atoms with E-state index in [9.17, 15) is 0 Å². The molecule has 0 spiro atoms. The lowest BCUT2D eigenvalue weighted by Gasteiger charge is -2.48. The van der Waals surface area contributed by atoms with Crippen LogP contribution in [-0.2, 0) is 43.3 Å². The Morgan fingerprint density at radius 1 is 0.396 bits per heavy atom. The Bertz CT molecular complexity index is 4640. The molecule has 1 aromatic heterocycles. The molecule has 2 aliphatic heterocycles. The van der Waals surface area contributed by atoms with Crippen LogP contribution in [0.25, 0.3) is 31.3 Å². The van der Waals surface area contributed by atoms with Crippen molar-refractivity contribution in [3.63, 3.8) is 0 Å². The Morgan fingerprint density at radius 2 is 0.835 bits per heavy atom. The van der Waals surface area contributed by atoms with Crippen molar-refractivity contribution >= 4 is 106 Å². The van der Waals surface area contributed by atoms with Crippen LogP contribution in [0.2, 0.25) is 0 Å². The number of hydrogen-bond donors (Lipinski definition) is 0. The zero-order valence-corrected chi connectivity index (χ0v) is 59.0. The average Bonchev–Trinajstić information content (AvgIpc) is 1.47. The molecule has 0 fully saturated rings. The van der Waals surface area contributed by atoms with Gasteiger partial charge in [-0.2, -0.15) is 0 Å². The van der Waals surface area contributed by atoms with Crippen LogP contribution in [0.3, 0.4) is 0 Å². The van der Waals surface area contributed by atoms with Crippen LogP contribution in [0.1, 0.15) is 206 Å². The number of aryl methyl sites for hydroxylation is 2. The topological polar surface area (TPSA) is 9.72 Å². The standard InChI is InChI=1S/C86H94BN3S/c1-51-40-61-65(85(17,18)49-83(61,13)14)46-70(51)89-69-37-28-53(59-25-23-27-76-77(59)60-24-21-22-26-75(60)91-76)42-67(69)87-68-45-63-64(82(11,12)39-38-81(63,9)10)48-72(68)90(71-47-66-62(41-52(71)2)84(15,16)50-86(66,19)20)74-44-58(43-73(89)78(74)87)88(56-33-29-54(30-34-56)79(3,4)5)57-35-31-55(32-36-57)80(6,7)8/h21-37,40-48H,38-39,49-50H2,1-20H3. The summed E-state index contributed by atoms with van der Waals surface area (Å²) in [5.74, 6) is 0. The first kappa shape index (κ1) is 59.9. The molecule has 0 bridgehead atoms. The Hall–Kier alpha value is -7.34. The average molecular weight is 1210 g/mol. The normalized spacial score (nSPS) is 18.4. The number of thiophene rings is 1. The highest BCUT2D eigenvalue weighted by Gasteiger charge is 2.50. The van der Waals surface area contributed by atoms with Gasteiger partial charge in [-0.05, 0) is 239 Å². The van der Waals surface area contributed by atoms with Crippen LogP contribution < -0.4 is 31.1 Å². The van der Waals surface area contributed by atoms with E-state index in [0.717, 1.165) is 42.7 Å². The maximum absolute atomic E-state index is 2.79. The van der Waals surface area contributed by atoms with Crippen LogP contribution in [-0.4, -0.2) is 6.71 Å². The highest BCUT2D eigenvalue weighted by molar-refractivity contribution is 7.26. The third-order valence-corrected chi connectivity index (χ3v) is 24.0. The SMILES string of the molecule is Cc1cc2c(cc1N1c3ccc(-c4cccc5sc6ccccc6c45)cc3B3c4cc5c(cc4N(c4cc6c(cc4C)C(C)(C)CC6(C)C)c4cc(N(c6ccc(C(C)(C)C)cc6)c6ccc(C(C)(C)C)cc6)cc1c43)C(C)(C)CCC5(C)C)C(C)(C)CC2(C)C. The number of anilines is 9. The first-order valence-corrected chi connectivity index (χ1v) is 34.8. The fraction of sp³-hybridized carbons (Fsp3) is 0.372. The van der Waals surface area contributed by atoms with E-state index in [4.69, 9.17) is 0 Å². The van der Waals surface area contributed by atoms with Gasteiger partial charge in [-0.25, -0.2) is 0 Å². The van der Waals surface area contributed by atoms with E-state index in [1.165, 1.54) is 137 Å². The van der Waals surface area contributed by atoms with Crippen LogP contribution in [0, 0.1) is 13.8 Å². The van der Waals surface area contributed by atoms with Crippen molar-refractivity contribution in [3.8, 4) is 11.1 Å². The van der Waals surface area contributed by atoms with E-state index in [1.807, 2.05) is 11.3 Å². The highest BCUT2D eigenvalue weighted by Crippen LogP contribution is 2.58. The molecule has 0 N–H and O–H groups in total. The summed E-state index contributed by atoms with van der Waals surface area (Å²) in [7, 11) is 0. The molecule has 15 rings (SSSR count). The summed E-state index contributed by atoms with van der Waals surface area (Å²) in [5, 5.41) is 2.67. The largest absolute Gasteiger partial charge is 0.311 e. The van der Waals surface area contributed by atoms with Crippen LogP contribution in [0.4, 0.5) is 51.2 Å². The number of rotatable bonds is 6. The van der Waals surface area contributed by atoms with Crippen molar-refractivity contribution in [1.29, 1.82) is 0 Å². The molecule has 0 radical (unpaired) electrons. The van der Waals surface area contributed by atoms with Crippen molar-refractivity contribution in [2.45, 2.75) is 207 Å². The monoisotopic (exact) mass is 1210 g/mol. The molecule has 0 unspecified atom stereocenters. The van der Waals surface area contributed by atoms with Crippen molar-refractivity contribution in [2.24, 2.45) is 0 Å². The third kappa shape index (κ3) is 9.21. The minimum Gasteiger partial charge on any atom is -0.311 e. The van der Waals surface area contributed by atoms with Gasteiger partial charge in [-0.15, -0.1) is 11.3 Å². The molecule has 3 nitrogen and oxygen atoms in total. The van der Waals surface area contributed by atoms with Gasteiger partial charge in [0.2, 0.25) is 0 Å².